The first-order valence-electron chi connectivity index (χ1n) is 5.73. The van der Waals surface area contributed by atoms with E-state index in [0.29, 0.717) is 12.2 Å². The van der Waals surface area contributed by atoms with Crippen molar-refractivity contribution in [3.63, 3.8) is 0 Å². The minimum Gasteiger partial charge on any atom is -0.375 e. The first-order chi connectivity index (χ1) is 8.54. The van der Waals surface area contributed by atoms with E-state index in [1.807, 2.05) is 6.92 Å². The Morgan fingerprint density at radius 3 is 2.78 bits per heavy atom. The van der Waals surface area contributed by atoms with Gasteiger partial charge in [0, 0.05) is 6.42 Å². The van der Waals surface area contributed by atoms with Crippen LogP contribution in [0.4, 0.5) is 8.78 Å². The van der Waals surface area contributed by atoms with Gasteiger partial charge in [0.2, 0.25) is 5.89 Å². The van der Waals surface area contributed by atoms with Crippen molar-refractivity contribution in [1.82, 2.24) is 10.1 Å². The van der Waals surface area contributed by atoms with E-state index in [9.17, 15) is 13.6 Å². The molecule has 1 atom stereocenters. The molecular weight excluding hydrogens is 246 g/mol. The molecule has 1 unspecified atom stereocenters. The van der Waals surface area contributed by atoms with Crippen molar-refractivity contribution in [3.05, 3.63) is 11.7 Å². The molecule has 1 aromatic heterocycles. The lowest BCUT2D eigenvalue weighted by atomic mass is 10.0. The zero-order valence-corrected chi connectivity index (χ0v) is 10.4. The number of carbonyl (C=O) groups excluding carboxylic acids is 1. The van der Waals surface area contributed by atoms with Crippen LogP contribution < -0.4 is 0 Å². The average Bonchev–Trinajstić information content (AvgIpc) is 2.73. The third-order valence-electron chi connectivity index (χ3n) is 2.39. The number of aromatic nitrogens is 2. The minimum absolute atomic E-state index is 0.0401. The van der Waals surface area contributed by atoms with Gasteiger partial charge in [-0.1, -0.05) is 12.1 Å². The lowest BCUT2D eigenvalue weighted by Gasteiger charge is -2.03. The smallest absolute Gasteiger partial charge is 0.261 e. The molecule has 1 heterocycles. The predicted molar refractivity (Wildman–Crippen MR) is 58.5 cm³/mol. The lowest BCUT2D eigenvalue weighted by molar-refractivity contribution is -0.119. The normalized spacial score (nSPS) is 12.9. The molecular formula is C11H16F2N2O3. The zero-order chi connectivity index (χ0) is 13.5. The van der Waals surface area contributed by atoms with Crippen molar-refractivity contribution >= 4 is 5.78 Å². The highest BCUT2D eigenvalue weighted by atomic mass is 19.3. The SMILES string of the molecule is CCC(C(C)=O)c1nc(CCOCC(F)F)no1. The fraction of sp³-hybridized carbons (Fsp3) is 0.727. The summed E-state index contributed by atoms with van der Waals surface area (Å²) >= 11 is 0. The van der Waals surface area contributed by atoms with Crippen LogP contribution in [0.15, 0.2) is 4.52 Å². The fourth-order valence-corrected chi connectivity index (χ4v) is 1.48. The fourth-order valence-electron chi connectivity index (χ4n) is 1.48. The Balaban J connectivity index is 2.45. The number of hydrogen-bond acceptors (Lipinski definition) is 5. The molecule has 5 nitrogen and oxygen atoms in total. The summed E-state index contributed by atoms with van der Waals surface area (Å²) in [7, 11) is 0. The number of Topliss-reactive ketones (excluding diaryl/α,β-unsaturated/α-hetero) is 1. The monoisotopic (exact) mass is 262 g/mol. The Hall–Kier alpha value is -1.37. The van der Waals surface area contributed by atoms with E-state index in [4.69, 9.17) is 9.26 Å². The summed E-state index contributed by atoms with van der Waals surface area (Å²) in [5.41, 5.74) is 0. The highest BCUT2D eigenvalue weighted by Crippen LogP contribution is 2.18. The first-order valence-corrected chi connectivity index (χ1v) is 5.73. The van der Waals surface area contributed by atoms with Crippen molar-refractivity contribution in [2.45, 2.75) is 39.0 Å². The Morgan fingerprint density at radius 1 is 1.50 bits per heavy atom. The Morgan fingerprint density at radius 2 is 2.22 bits per heavy atom. The van der Waals surface area contributed by atoms with E-state index >= 15 is 0 Å². The second kappa shape index (κ2) is 7.15. The van der Waals surface area contributed by atoms with Gasteiger partial charge in [-0.3, -0.25) is 4.79 Å². The number of carbonyl (C=O) groups is 1. The number of nitrogens with zero attached hydrogens (tertiary/aromatic N) is 2. The highest BCUT2D eigenvalue weighted by Gasteiger charge is 2.21. The molecule has 18 heavy (non-hydrogen) atoms. The van der Waals surface area contributed by atoms with Gasteiger partial charge in [-0.05, 0) is 13.3 Å². The molecule has 1 rings (SSSR count). The largest absolute Gasteiger partial charge is 0.375 e. The van der Waals surface area contributed by atoms with Gasteiger partial charge in [-0.15, -0.1) is 0 Å². The molecule has 0 fully saturated rings. The van der Waals surface area contributed by atoms with Crippen LogP contribution in [0.1, 0.15) is 37.9 Å². The van der Waals surface area contributed by atoms with Gasteiger partial charge in [0.25, 0.3) is 6.43 Å². The molecule has 0 bridgehead atoms. The second-order valence-corrected chi connectivity index (χ2v) is 3.84. The van der Waals surface area contributed by atoms with Crippen molar-refractivity contribution < 1.29 is 22.8 Å². The van der Waals surface area contributed by atoms with Gasteiger partial charge < -0.3 is 9.26 Å². The Labute approximate surface area is 104 Å². The van der Waals surface area contributed by atoms with Crippen LogP contribution in [-0.4, -0.2) is 35.6 Å². The second-order valence-electron chi connectivity index (χ2n) is 3.84. The van der Waals surface area contributed by atoms with Crippen molar-refractivity contribution in [2.75, 3.05) is 13.2 Å². The van der Waals surface area contributed by atoms with E-state index < -0.39 is 19.0 Å². The number of hydrogen-bond donors (Lipinski definition) is 0. The number of rotatable bonds is 8. The number of halogens is 2. The standard InChI is InChI=1S/C11H16F2N2O3/c1-3-8(7(2)16)11-14-10(15-18-11)4-5-17-6-9(12)13/h8-9H,3-6H2,1-2H3. The summed E-state index contributed by atoms with van der Waals surface area (Å²) in [4.78, 5) is 15.3. The Bertz CT molecular complexity index is 382. The number of ether oxygens (including phenoxy) is 1. The lowest BCUT2D eigenvalue weighted by Crippen LogP contribution is -2.09. The van der Waals surface area contributed by atoms with E-state index in [-0.39, 0.29) is 24.7 Å². The van der Waals surface area contributed by atoms with Gasteiger partial charge in [0.15, 0.2) is 5.82 Å². The summed E-state index contributed by atoms with van der Waals surface area (Å²) < 4.78 is 33.3. The van der Waals surface area contributed by atoms with Gasteiger partial charge >= 0.3 is 0 Å². The molecule has 0 aliphatic heterocycles. The van der Waals surface area contributed by atoms with Crippen LogP contribution in [0.5, 0.6) is 0 Å². The zero-order valence-electron chi connectivity index (χ0n) is 10.4. The summed E-state index contributed by atoms with van der Waals surface area (Å²) in [6, 6.07) is 0. The van der Waals surface area contributed by atoms with Crippen LogP contribution in [0, 0.1) is 0 Å². The average molecular weight is 262 g/mol. The van der Waals surface area contributed by atoms with E-state index in [2.05, 4.69) is 10.1 Å². The molecule has 7 heteroatoms. The minimum atomic E-state index is -2.48. The molecule has 0 saturated carbocycles. The van der Waals surface area contributed by atoms with Crippen LogP contribution in [-0.2, 0) is 16.0 Å². The van der Waals surface area contributed by atoms with Crippen LogP contribution in [0.2, 0.25) is 0 Å². The van der Waals surface area contributed by atoms with E-state index in [1.165, 1.54) is 6.92 Å². The van der Waals surface area contributed by atoms with Crippen LogP contribution in [0.3, 0.4) is 0 Å². The van der Waals surface area contributed by atoms with Crippen LogP contribution in [0.25, 0.3) is 0 Å². The van der Waals surface area contributed by atoms with Gasteiger partial charge in [-0.2, -0.15) is 4.98 Å². The van der Waals surface area contributed by atoms with E-state index in [0.717, 1.165) is 0 Å². The number of ketones is 1. The Kier molecular flexibility index (Phi) is 5.84. The maximum absolute atomic E-state index is 11.8. The first kappa shape index (κ1) is 14.7. The summed E-state index contributed by atoms with van der Waals surface area (Å²) in [5.74, 6) is 0.197. The highest BCUT2D eigenvalue weighted by molar-refractivity contribution is 5.82. The van der Waals surface area contributed by atoms with Gasteiger partial charge in [-0.25, -0.2) is 8.78 Å². The molecule has 0 aliphatic carbocycles. The maximum atomic E-state index is 11.8. The molecule has 0 aliphatic rings. The molecule has 0 saturated heterocycles. The number of alkyl halides is 2. The molecule has 102 valence electrons. The van der Waals surface area contributed by atoms with Gasteiger partial charge in [0.05, 0.1) is 12.5 Å². The van der Waals surface area contributed by atoms with Crippen molar-refractivity contribution in [1.29, 1.82) is 0 Å². The summed E-state index contributed by atoms with van der Waals surface area (Å²) in [5, 5.41) is 3.68. The molecule has 0 spiro atoms. The summed E-state index contributed by atoms with van der Waals surface area (Å²) in [6.07, 6.45) is -1.61. The van der Waals surface area contributed by atoms with Crippen molar-refractivity contribution in [3.8, 4) is 0 Å². The van der Waals surface area contributed by atoms with E-state index in [1.54, 1.807) is 0 Å². The molecule has 0 amide bonds. The maximum Gasteiger partial charge on any atom is 0.261 e. The van der Waals surface area contributed by atoms with Gasteiger partial charge in [0.1, 0.15) is 12.4 Å². The van der Waals surface area contributed by atoms with Crippen LogP contribution >= 0.6 is 0 Å². The molecule has 0 radical (unpaired) electrons. The summed E-state index contributed by atoms with van der Waals surface area (Å²) in [6.45, 7) is 2.81. The molecule has 0 N–H and O–H groups in total. The molecule has 1 aromatic rings. The third kappa shape index (κ3) is 4.48. The topological polar surface area (TPSA) is 65.2 Å². The third-order valence-corrected chi connectivity index (χ3v) is 2.39. The predicted octanol–water partition coefficient (Wildman–Crippen LogP) is 1.98. The van der Waals surface area contributed by atoms with Crippen molar-refractivity contribution in [2.24, 2.45) is 0 Å². The molecule has 0 aromatic carbocycles. The quantitative estimate of drug-likeness (QED) is 0.670.